The number of nitrogens with zero attached hydrogens (tertiary/aromatic N) is 1. The maximum absolute atomic E-state index is 6.04. The van der Waals surface area contributed by atoms with Crippen LogP contribution in [0.5, 0.6) is 0 Å². The highest BCUT2D eigenvalue weighted by molar-refractivity contribution is 9.08. The average Bonchev–Trinajstić information content (AvgIpc) is 2.03. The highest BCUT2D eigenvalue weighted by atomic mass is 79.9. The molecule has 12 heavy (non-hydrogen) atoms. The molecule has 0 unspecified atom stereocenters. The van der Waals surface area contributed by atoms with Gasteiger partial charge in [-0.25, -0.2) is 0 Å². The zero-order valence-electron chi connectivity index (χ0n) is 7.14. The van der Waals surface area contributed by atoms with Gasteiger partial charge in [0.15, 0.2) is 0 Å². The van der Waals surface area contributed by atoms with Crippen LogP contribution in [0, 0.1) is 0 Å². The van der Waals surface area contributed by atoms with E-state index in [-0.39, 0.29) is 0 Å². The van der Waals surface area contributed by atoms with Gasteiger partial charge in [-0.2, -0.15) is 0 Å². The molecule has 3 heteroatoms. The van der Waals surface area contributed by atoms with E-state index in [9.17, 15) is 0 Å². The van der Waals surface area contributed by atoms with Gasteiger partial charge in [0.25, 0.3) is 0 Å². The highest BCUT2D eigenvalue weighted by Crippen LogP contribution is 2.29. The minimum Gasteiger partial charge on any atom is -0.376 e. The van der Waals surface area contributed by atoms with Gasteiger partial charge in [-0.15, -0.1) is 0 Å². The van der Waals surface area contributed by atoms with Crippen LogP contribution in [0.1, 0.15) is 5.56 Å². The predicted molar refractivity (Wildman–Crippen MR) is 58.4 cm³/mol. The van der Waals surface area contributed by atoms with Crippen LogP contribution in [0.15, 0.2) is 18.2 Å². The van der Waals surface area contributed by atoms with E-state index in [4.69, 9.17) is 11.6 Å². The first-order valence-corrected chi connectivity index (χ1v) is 5.17. The Hall–Kier alpha value is -0.210. The summed E-state index contributed by atoms with van der Waals surface area (Å²) in [4.78, 5) is 2.03. The summed E-state index contributed by atoms with van der Waals surface area (Å²) < 4.78 is 0. The van der Waals surface area contributed by atoms with Gasteiger partial charge in [0.05, 0.1) is 10.7 Å². The smallest absolute Gasteiger partial charge is 0.0642 e. The van der Waals surface area contributed by atoms with Crippen molar-refractivity contribution in [2.45, 2.75) is 5.33 Å². The molecule has 0 spiro atoms. The molecule has 0 amide bonds. The summed E-state index contributed by atoms with van der Waals surface area (Å²) in [5.74, 6) is 0. The predicted octanol–water partition coefficient (Wildman–Crippen LogP) is 3.30. The lowest BCUT2D eigenvalue weighted by atomic mass is 10.2. The first-order chi connectivity index (χ1) is 5.66. The molecule has 0 aliphatic rings. The second-order valence-electron chi connectivity index (χ2n) is 2.78. The molecule has 0 saturated carbocycles. The molecular formula is C9H11BrClN. The van der Waals surface area contributed by atoms with E-state index in [1.54, 1.807) is 0 Å². The number of alkyl halides is 1. The molecule has 66 valence electrons. The molecule has 0 bridgehead atoms. The average molecular weight is 249 g/mol. The number of benzene rings is 1. The Morgan fingerprint density at radius 3 is 2.50 bits per heavy atom. The zero-order valence-corrected chi connectivity index (χ0v) is 9.48. The van der Waals surface area contributed by atoms with Gasteiger partial charge in [0.2, 0.25) is 0 Å². The lowest BCUT2D eigenvalue weighted by molar-refractivity contribution is 1.11. The van der Waals surface area contributed by atoms with Crippen molar-refractivity contribution in [3.63, 3.8) is 0 Å². The van der Waals surface area contributed by atoms with Gasteiger partial charge >= 0.3 is 0 Å². The molecule has 0 N–H and O–H groups in total. The van der Waals surface area contributed by atoms with Crippen molar-refractivity contribution < 1.29 is 0 Å². The normalized spacial score (nSPS) is 10.0. The second-order valence-corrected chi connectivity index (χ2v) is 3.74. The lowest BCUT2D eigenvalue weighted by Crippen LogP contribution is -2.11. The van der Waals surface area contributed by atoms with Gasteiger partial charge in [-0.1, -0.05) is 39.7 Å². The number of hydrogen-bond donors (Lipinski definition) is 0. The highest BCUT2D eigenvalue weighted by Gasteiger charge is 2.06. The topological polar surface area (TPSA) is 3.24 Å². The molecule has 0 fully saturated rings. The number of hydrogen-bond acceptors (Lipinski definition) is 1. The monoisotopic (exact) mass is 247 g/mol. The molecule has 1 rings (SSSR count). The Balaban J connectivity index is 3.20. The maximum atomic E-state index is 6.04. The van der Waals surface area contributed by atoms with Crippen LogP contribution in [0.4, 0.5) is 5.69 Å². The van der Waals surface area contributed by atoms with Crippen LogP contribution in [0.3, 0.4) is 0 Å². The molecule has 0 aliphatic heterocycles. The van der Waals surface area contributed by atoms with E-state index >= 15 is 0 Å². The van der Waals surface area contributed by atoms with E-state index in [0.717, 1.165) is 16.0 Å². The molecular weight excluding hydrogens is 237 g/mol. The Morgan fingerprint density at radius 2 is 2.08 bits per heavy atom. The summed E-state index contributed by atoms with van der Waals surface area (Å²) in [6.45, 7) is 0. The molecule has 0 radical (unpaired) electrons. The van der Waals surface area contributed by atoms with Gasteiger partial charge in [0, 0.05) is 19.4 Å². The summed E-state index contributed by atoms with van der Waals surface area (Å²) in [5, 5.41) is 1.64. The zero-order chi connectivity index (χ0) is 9.14. The summed E-state index contributed by atoms with van der Waals surface area (Å²) in [6.07, 6.45) is 0. The fourth-order valence-corrected chi connectivity index (χ4v) is 1.98. The van der Waals surface area contributed by atoms with Crippen LogP contribution in [-0.4, -0.2) is 14.1 Å². The van der Waals surface area contributed by atoms with Crippen LogP contribution in [0.2, 0.25) is 5.02 Å². The third kappa shape index (κ3) is 1.93. The summed E-state index contributed by atoms with van der Waals surface area (Å²) in [5.41, 5.74) is 2.31. The van der Waals surface area contributed by atoms with Crippen molar-refractivity contribution in [2.24, 2.45) is 0 Å². The molecule has 0 atom stereocenters. The Morgan fingerprint density at radius 1 is 1.42 bits per heavy atom. The number of halogens is 2. The summed E-state index contributed by atoms with van der Waals surface area (Å²) in [7, 11) is 3.99. The fourth-order valence-electron chi connectivity index (χ4n) is 1.17. The molecule has 0 aliphatic carbocycles. The third-order valence-corrected chi connectivity index (χ3v) is 2.57. The Labute approximate surface area is 86.5 Å². The SMILES string of the molecule is CN(C)c1c(Cl)cccc1CBr. The van der Waals surface area contributed by atoms with Gasteiger partial charge in [0.1, 0.15) is 0 Å². The van der Waals surface area contributed by atoms with Crippen LogP contribution in [0.25, 0.3) is 0 Å². The second kappa shape index (κ2) is 4.15. The first-order valence-electron chi connectivity index (χ1n) is 3.67. The first kappa shape index (κ1) is 9.87. The standard InChI is InChI=1S/C9H11BrClN/c1-12(2)9-7(6-10)4-3-5-8(9)11/h3-5H,6H2,1-2H3. The van der Waals surface area contributed by atoms with Crippen molar-refractivity contribution in [3.05, 3.63) is 28.8 Å². The summed E-state index contributed by atoms with van der Waals surface area (Å²) >= 11 is 9.47. The fraction of sp³-hybridized carbons (Fsp3) is 0.333. The molecule has 1 nitrogen and oxygen atoms in total. The van der Waals surface area contributed by atoms with E-state index in [0.29, 0.717) is 0 Å². The molecule has 0 saturated heterocycles. The number of para-hydroxylation sites is 1. The van der Waals surface area contributed by atoms with Gasteiger partial charge < -0.3 is 4.90 Å². The van der Waals surface area contributed by atoms with Crippen LogP contribution >= 0.6 is 27.5 Å². The van der Waals surface area contributed by atoms with Crippen LogP contribution in [-0.2, 0) is 5.33 Å². The van der Waals surface area contributed by atoms with Gasteiger partial charge in [-0.3, -0.25) is 0 Å². The Bertz CT molecular complexity index is 273. The summed E-state index contributed by atoms with van der Waals surface area (Å²) in [6, 6.07) is 5.94. The molecule has 1 aromatic carbocycles. The maximum Gasteiger partial charge on any atom is 0.0642 e. The van der Waals surface area contributed by atoms with E-state index in [1.165, 1.54) is 5.56 Å². The Kier molecular flexibility index (Phi) is 3.41. The minimum absolute atomic E-state index is 0.803. The number of anilines is 1. The van der Waals surface area contributed by atoms with E-state index in [1.807, 2.05) is 31.1 Å². The van der Waals surface area contributed by atoms with E-state index in [2.05, 4.69) is 22.0 Å². The van der Waals surface area contributed by atoms with Crippen molar-refractivity contribution in [3.8, 4) is 0 Å². The third-order valence-electron chi connectivity index (χ3n) is 1.66. The lowest BCUT2D eigenvalue weighted by Gasteiger charge is -2.17. The van der Waals surface area contributed by atoms with Crippen molar-refractivity contribution in [2.75, 3.05) is 19.0 Å². The van der Waals surface area contributed by atoms with Crippen LogP contribution < -0.4 is 4.90 Å². The van der Waals surface area contributed by atoms with E-state index < -0.39 is 0 Å². The number of rotatable bonds is 2. The van der Waals surface area contributed by atoms with Crippen molar-refractivity contribution in [1.29, 1.82) is 0 Å². The van der Waals surface area contributed by atoms with Gasteiger partial charge in [-0.05, 0) is 11.6 Å². The quantitative estimate of drug-likeness (QED) is 0.726. The largest absolute Gasteiger partial charge is 0.376 e. The van der Waals surface area contributed by atoms with Crippen molar-refractivity contribution >= 4 is 33.2 Å². The minimum atomic E-state index is 0.803. The van der Waals surface area contributed by atoms with Crippen molar-refractivity contribution in [1.82, 2.24) is 0 Å². The molecule has 0 heterocycles. The molecule has 1 aromatic rings. The molecule has 0 aromatic heterocycles.